The number of hydrogen-bond donors (Lipinski definition) is 2. The number of hydrogen-bond acceptors (Lipinski definition) is 3. The molecule has 3 heteroatoms. The molecular weight excluding hydrogens is 226 g/mol. The van der Waals surface area contributed by atoms with Gasteiger partial charge in [-0.15, -0.1) is 0 Å². The lowest BCUT2D eigenvalue weighted by atomic mass is 9.87. The second kappa shape index (κ2) is 6.76. The van der Waals surface area contributed by atoms with Gasteiger partial charge in [0.1, 0.15) is 12.4 Å². The molecule has 0 fully saturated rings. The average Bonchev–Trinajstić information content (AvgIpc) is 2.34. The molecule has 102 valence electrons. The summed E-state index contributed by atoms with van der Waals surface area (Å²) in [6.07, 6.45) is 0. The number of benzene rings is 1. The van der Waals surface area contributed by atoms with Crippen LogP contribution in [0.3, 0.4) is 0 Å². The fourth-order valence-corrected chi connectivity index (χ4v) is 1.71. The van der Waals surface area contributed by atoms with E-state index >= 15 is 0 Å². The zero-order valence-corrected chi connectivity index (χ0v) is 11.9. The van der Waals surface area contributed by atoms with Gasteiger partial charge in [0.05, 0.1) is 12.6 Å². The average molecular weight is 251 g/mol. The first-order chi connectivity index (χ1) is 8.47. The van der Waals surface area contributed by atoms with E-state index in [2.05, 4.69) is 38.2 Å². The molecule has 0 bridgehead atoms. The predicted octanol–water partition coefficient (Wildman–Crippen LogP) is 2.33. The molecule has 0 amide bonds. The fraction of sp³-hybridized carbons (Fsp3) is 0.600. The third-order valence-electron chi connectivity index (χ3n) is 2.88. The topological polar surface area (TPSA) is 41.5 Å². The summed E-state index contributed by atoms with van der Waals surface area (Å²) in [5.74, 6) is 0.847. The van der Waals surface area contributed by atoms with Gasteiger partial charge in [0.15, 0.2) is 0 Å². The first-order valence-corrected chi connectivity index (χ1v) is 6.55. The summed E-state index contributed by atoms with van der Waals surface area (Å²) in [6.45, 7) is 9.99. The number of likely N-dealkylation sites (N-methyl/N-ethyl adjacent to an activating group) is 1. The van der Waals surface area contributed by atoms with Crippen LogP contribution in [-0.2, 0) is 5.41 Å². The van der Waals surface area contributed by atoms with Gasteiger partial charge in [-0.1, -0.05) is 39.8 Å². The largest absolute Gasteiger partial charge is 0.492 e. The maximum atomic E-state index is 9.14. The van der Waals surface area contributed by atoms with Gasteiger partial charge < -0.3 is 15.2 Å². The van der Waals surface area contributed by atoms with Crippen molar-refractivity contribution in [3.05, 3.63) is 29.8 Å². The van der Waals surface area contributed by atoms with Crippen LogP contribution in [0.15, 0.2) is 24.3 Å². The molecule has 18 heavy (non-hydrogen) atoms. The molecule has 0 radical (unpaired) electrons. The van der Waals surface area contributed by atoms with Crippen molar-refractivity contribution in [2.45, 2.75) is 39.2 Å². The molecule has 2 N–H and O–H groups in total. The first-order valence-electron chi connectivity index (χ1n) is 6.55. The van der Waals surface area contributed by atoms with Crippen molar-refractivity contribution < 1.29 is 9.84 Å². The van der Waals surface area contributed by atoms with E-state index in [4.69, 9.17) is 9.84 Å². The van der Waals surface area contributed by atoms with Crippen molar-refractivity contribution in [1.82, 2.24) is 5.32 Å². The highest BCUT2D eigenvalue weighted by atomic mass is 16.5. The molecule has 0 aromatic heterocycles. The Balaban J connectivity index is 2.53. The minimum absolute atomic E-state index is 0.00251. The summed E-state index contributed by atoms with van der Waals surface area (Å²) in [6, 6.07) is 8.16. The number of aliphatic hydroxyl groups is 1. The highest BCUT2D eigenvalue weighted by Crippen LogP contribution is 2.24. The van der Waals surface area contributed by atoms with Gasteiger partial charge in [-0.25, -0.2) is 0 Å². The van der Waals surface area contributed by atoms with E-state index in [1.54, 1.807) is 0 Å². The van der Waals surface area contributed by atoms with Crippen LogP contribution in [0.1, 0.15) is 33.3 Å². The lowest BCUT2D eigenvalue weighted by Crippen LogP contribution is -2.37. The van der Waals surface area contributed by atoms with E-state index in [1.165, 1.54) is 5.56 Å². The SMILES string of the molecule is CCNC(CO)COc1ccc(C(C)(C)C)cc1. The number of aliphatic hydroxyl groups excluding tert-OH is 1. The van der Waals surface area contributed by atoms with E-state index in [0.717, 1.165) is 12.3 Å². The Hall–Kier alpha value is -1.06. The molecule has 0 aliphatic carbocycles. The van der Waals surface area contributed by atoms with E-state index in [0.29, 0.717) is 6.61 Å². The Kier molecular flexibility index (Phi) is 5.63. The lowest BCUT2D eigenvalue weighted by molar-refractivity contribution is 0.184. The Morgan fingerprint density at radius 3 is 2.28 bits per heavy atom. The Bertz CT molecular complexity index is 341. The van der Waals surface area contributed by atoms with E-state index < -0.39 is 0 Å². The maximum Gasteiger partial charge on any atom is 0.119 e. The van der Waals surface area contributed by atoms with Crippen LogP contribution in [-0.4, -0.2) is 30.9 Å². The molecular formula is C15H25NO2. The summed E-state index contributed by atoms with van der Waals surface area (Å²) >= 11 is 0. The van der Waals surface area contributed by atoms with Gasteiger partial charge in [0, 0.05) is 0 Å². The summed E-state index contributed by atoms with van der Waals surface area (Å²) in [5.41, 5.74) is 1.45. The molecule has 1 atom stereocenters. The standard InChI is InChI=1S/C15H25NO2/c1-5-16-13(10-17)11-18-14-8-6-12(7-9-14)15(2,3)4/h6-9,13,16-17H,5,10-11H2,1-4H3. The van der Waals surface area contributed by atoms with Crippen molar-refractivity contribution >= 4 is 0 Å². The van der Waals surface area contributed by atoms with E-state index in [1.807, 2.05) is 19.1 Å². The molecule has 3 nitrogen and oxygen atoms in total. The van der Waals surface area contributed by atoms with Gasteiger partial charge >= 0.3 is 0 Å². The normalized spacial score (nSPS) is 13.4. The molecule has 1 aromatic carbocycles. The molecule has 0 saturated heterocycles. The van der Waals surface area contributed by atoms with Crippen LogP contribution in [0.25, 0.3) is 0 Å². The molecule has 0 aliphatic heterocycles. The van der Waals surface area contributed by atoms with Gasteiger partial charge in [0.25, 0.3) is 0 Å². The van der Waals surface area contributed by atoms with Crippen molar-refractivity contribution in [2.75, 3.05) is 19.8 Å². The van der Waals surface area contributed by atoms with Crippen LogP contribution >= 0.6 is 0 Å². The summed E-state index contributed by atoms with van der Waals surface area (Å²) in [5, 5.41) is 12.3. The minimum atomic E-state index is -0.00251. The van der Waals surface area contributed by atoms with Crippen molar-refractivity contribution in [3.8, 4) is 5.75 Å². The molecule has 1 unspecified atom stereocenters. The Morgan fingerprint density at radius 1 is 1.22 bits per heavy atom. The third-order valence-corrected chi connectivity index (χ3v) is 2.88. The highest BCUT2D eigenvalue weighted by Gasteiger charge is 2.13. The van der Waals surface area contributed by atoms with Crippen LogP contribution in [0.5, 0.6) is 5.75 Å². The molecule has 1 aromatic rings. The molecule has 0 spiro atoms. The molecule has 1 rings (SSSR count). The van der Waals surface area contributed by atoms with Crippen LogP contribution < -0.4 is 10.1 Å². The van der Waals surface area contributed by atoms with E-state index in [9.17, 15) is 0 Å². The van der Waals surface area contributed by atoms with Crippen LogP contribution in [0, 0.1) is 0 Å². The zero-order valence-electron chi connectivity index (χ0n) is 11.9. The molecule has 0 saturated carbocycles. The summed E-state index contributed by atoms with van der Waals surface area (Å²) in [4.78, 5) is 0. The summed E-state index contributed by atoms with van der Waals surface area (Å²) in [7, 11) is 0. The minimum Gasteiger partial charge on any atom is -0.492 e. The predicted molar refractivity (Wildman–Crippen MR) is 75.2 cm³/mol. The smallest absolute Gasteiger partial charge is 0.119 e. The maximum absolute atomic E-state index is 9.14. The van der Waals surface area contributed by atoms with Gasteiger partial charge in [0.2, 0.25) is 0 Å². The number of rotatable bonds is 6. The molecule has 0 aliphatic rings. The number of ether oxygens (including phenoxy) is 1. The molecule has 0 heterocycles. The third kappa shape index (κ3) is 4.67. The monoisotopic (exact) mass is 251 g/mol. The fourth-order valence-electron chi connectivity index (χ4n) is 1.71. The van der Waals surface area contributed by atoms with Gasteiger partial charge in [-0.05, 0) is 29.7 Å². The highest BCUT2D eigenvalue weighted by molar-refractivity contribution is 5.31. The van der Waals surface area contributed by atoms with Crippen LogP contribution in [0.4, 0.5) is 0 Å². The van der Waals surface area contributed by atoms with E-state index in [-0.39, 0.29) is 18.1 Å². The van der Waals surface area contributed by atoms with Crippen molar-refractivity contribution in [2.24, 2.45) is 0 Å². The van der Waals surface area contributed by atoms with Crippen LogP contribution in [0.2, 0.25) is 0 Å². The Labute approximate surface area is 110 Å². The second-order valence-corrected chi connectivity index (χ2v) is 5.52. The summed E-state index contributed by atoms with van der Waals surface area (Å²) < 4.78 is 5.66. The zero-order chi connectivity index (χ0) is 13.6. The van der Waals surface area contributed by atoms with Crippen molar-refractivity contribution in [3.63, 3.8) is 0 Å². The van der Waals surface area contributed by atoms with Crippen molar-refractivity contribution in [1.29, 1.82) is 0 Å². The second-order valence-electron chi connectivity index (χ2n) is 5.52. The lowest BCUT2D eigenvalue weighted by Gasteiger charge is -2.20. The Morgan fingerprint density at radius 2 is 1.83 bits per heavy atom. The van der Waals surface area contributed by atoms with Gasteiger partial charge in [-0.3, -0.25) is 0 Å². The number of nitrogens with one attached hydrogen (secondary N) is 1. The quantitative estimate of drug-likeness (QED) is 0.815. The first kappa shape index (κ1) is 15.0. The van der Waals surface area contributed by atoms with Gasteiger partial charge in [-0.2, -0.15) is 0 Å².